The number of rotatable bonds is 4. The van der Waals surface area contributed by atoms with Crippen molar-refractivity contribution in [3.8, 4) is 0 Å². The smallest absolute Gasteiger partial charge is 0.301 e. The summed E-state index contributed by atoms with van der Waals surface area (Å²) >= 11 is 0. The van der Waals surface area contributed by atoms with E-state index in [2.05, 4.69) is 6.92 Å². The van der Waals surface area contributed by atoms with E-state index in [9.17, 15) is 4.91 Å². The van der Waals surface area contributed by atoms with Crippen LogP contribution in [0, 0.1) is 4.91 Å². The number of nitroso groups, excluding NO2 is 1. The lowest BCUT2D eigenvalue weighted by Crippen LogP contribution is -2.04. The summed E-state index contributed by atoms with van der Waals surface area (Å²) in [5.74, 6) is 0. The monoisotopic (exact) mass is 180 g/mol. The molecule has 1 aromatic carbocycles. The lowest BCUT2D eigenvalue weighted by Gasteiger charge is -1.95. The Hall–Kier alpha value is -1.22. The quantitative estimate of drug-likeness (QED) is 0.525. The Morgan fingerprint density at radius 3 is 2.38 bits per heavy atom. The van der Waals surface area contributed by atoms with Gasteiger partial charge in [-0.3, -0.25) is 0 Å². The summed E-state index contributed by atoms with van der Waals surface area (Å²) in [5, 5.41) is 0. The van der Waals surface area contributed by atoms with E-state index < -0.39 is 0 Å². The number of hydrogen-bond donors (Lipinski definition) is 0. The molecular weight excluding hydrogens is 166 g/mol. The number of methoxy groups -OCH3 is 1. The molecule has 0 spiro atoms. The Morgan fingerprint density at radius 2 is 1.92 bits per heavy atom. The molecule has 0 saturated carbocycles. The Bertz CT molecular complexity index is 279. The fourth-order valence-corrected chi connectivity index (χ4v) is 1.09. The zero-order valence-electron chi connectivity index (χ0n) is 7.99. The van der Waals surface area contributed by atoms with Crippen LogP contribution in [0.3, 0.4) is 0 Å². The summed E-state index contributed by atoms with van der Waals surface area (Å²) in [4.78, 5) is 11.2. The third kappa shape index (κ3) is 2.63. The molecule has 1 rings (SSSR count). The molecule has 0 radical (unpaired) electrons. The first-order chi connectivity index (χ1) is 6.27. The van der Waals surface area contributed by atoms with Crippen molar-refractivity contribution in [2.45, 2.75) is 13.3 Å². The molecule has 0 heterocycles. The van der Waals surface area contributed by atoms with E-state index in [1.807, 2.05) is 24.3 Å². The minimum Gasteiger partial charge on any atom is -0.323 e. The van der Waals surface area contributed by atoms with Gasteiger partial charge in [-0.2, -0.15) is 0 Å². The summed E-state index contributed by atoms with van der Waals surface area (Å²) in [5.41, 5.74) is 1.87. The van der Waals surface area contributed by atoms with Crippen molar-refractivity contribution in [1.29, 1.82) is 0 Å². The molecule has 13 heavy (non-hydrogen) atoms. The van der Waals surface area contributed by atoms with E-state index in [4.69, 9.17) is 4.74 Å². The van der Waals surface area contributed by atoms with Crippen LogP contribution in [0.15, 0.2) is 24.3 Å². The predicted octanol–water partition coefficient (Wildman–Crippen LogP) is 2.26. The molecule has 0 amide bonds. The van der Waals surface area contributed by atoms with Crippen LogP contribution in [-0.2, 0) is 11.2 Å². The average molecular weight is 180 g/mol. The number of benzene rings is 1. The van der Waals surface area contributed by atoms with Gasteiger partial charge in [-0.1, -0.05) is 19.1 Å². The maximum atomic E-state index is 11.2. The fourth-order valence-electron chi connectivity index (χ4n) is 1.09. The van der Waals surface area contributed by atoms with Crippen LogP contribution in [0.25, 0.3) is 0 Å². The van der Waals surface area contributed by atoms with Crippen molar-refractivity contribution in [2.24, 2.45) is 0 Å². The van der Waals surface area contributed by atoms with Crippen molar-refractivity contribution in [3.63, 3.8) is 0 Å². The van der Waals surface area contributed by atoms with Gasteiger partial charge in [0.15, 0.2) is 0 Å². The molecule has 0 atom stereocenters. The first kappa shape index (κ1) is 9.86. The van der Waals surface area contributed by atoms with E-state index in [0.29, 0.717) is 5.69 Å². The first-order valence-corrected chi connectivity index (χ1v) is 4.30. The highest BCUT2D eigenvalue weighted by molar-refractivity contribution is 5.32. The molecule has 0 aromatic heterocycles. The maximum Gasteiger partial charge on any atom is 0.301 e. The number of hydrogen-bond acceptors (Lipinski definition) is 2. The number of aryl methyl sites for hydroxylation is 1. The van der Waals surface area contributed by atoms with Gasteiger partial charge in [0.25, 0.3) is 5.69 Å². The van der Waals surface area contributed by atoms with E-state index in [-0.39, 0.29) is 6.73 Å². The molecule has 0 saturated heterocycles. The van der Waals surface area contributed by atoms with Gasteiger partial charge in [-0.25, -0.2) is 0 Å². The number of nitrogens with zero attached hydrogens (tertiary/aromatic N) is 1. The molecule has 0 unspecified atom stereocenters. The van der Waals surface area contributed by atoms with E-state index in [1.54, 1.807) is 0 Å². The molecule has 0 N–H and O–H groups in total. The fraction of sp³-hybridized carbons (Fsp3) is 0.400. The zero-order chi connectivity index (χ0) is 9.68. The molecule has 0 aliphatic rings. The Balaban J connectivity index is 2.74. The lowest BCUT2D eigenvalue weighted by molar-refractivity contribution is -0.508. The van der Waals surface area contributed by atoms with Crippen molar-refractivity contribution in [2.75, 3.05) is 13.8 Å². The maximum absolute atomic E-state index is 11.2. The van der Waals surface area contributed by atoms with Gasteiger partial charge >= 0.3 is 6.73 Å². The molecule has 3 heteroatoms. The Kier molecular flexibility index (Phi) is 3.58. The summed E-state index contributed by atoms with van der Waals surface area (Å²) < 4.78 is 5.55. The Labute approximate surface area is 77.9 Å². The minimum atomic E-state index is 0.0749. The summed E-state index contributed by atoms with van der Waals surface area (Å²) in [6.45, 7) is 2.16. The van der Waals surface area contributed by atoms with Crippen LogP contribution >= 0.6 is 0 Å². The van der Waals surface area contributed by atoms with Crippen molar-refractivity contribution in [3.05, 3.63) is 34.7 Å². The van der Waals surface area contributed by atoms with E-state index in [0.717, 1.165) is 11.2 Å². The van der Waals surface area contributed by atoms with Crippen LogP contribution in [0.4, 0.5) is 5.69 Å². The normalized spacial score (nSPS) is 10.0. The van der Waals surface area contributed by atoms with Gasteiger partial charge in [0.05, 0.1) is 4.76 Å². The van der Waals surface area contributed by atoms with Crippen LogP contribution in [-0.4, -0.2) is 18.6 Å². The highest BCUT2D eigenvalue weighted by atomic mass is 16.5. The van der Waals surface area contributed by atoms with Crippen LogP contribution in [0.5, 0.6) is 0 Å². The lowest BCUT2D eigenvalue weighted by atomic mass is 10.1. The van der Waals surface area contributed by atoms with Crippen molar-refractivity contribution < 1.29 is 9.50 Å². The summed E-state index contributed by atoms with van der Waals surface area (Å²) in [6.07, 6.45) is 0.989. The molecule has 1 aromatic rings. The zero-order valence-corrected chi connectivity index (χ0v) is 7.99. The van der Waals surface area contributed by atoms with Crippen LogP contribution in [0.1, 0.15) is 12.5 Å². The van der Waals surface area contributed by atoms with Crippen molar-refractivity contribution >= 4 is 5.69 Å². The third-order valence-corrected chi connectivity index (χ3v) is 1.88. The highest BCUT2D eigenvalue weighted by Gasteiger charge is 2.10. The molecule has 0 aliphatic heterocycles. The highest BCUT2D eigenvalue weighted by Crippen LogP contribution is 2.12. The second kappa shape index (κ2) is 4.72. The minimum absolute atomic E-state index is 0.0749. The molecule has 3 nitrogen and oxygen atoms in total. The summed E-state index contributed by atoms with van der Waals surface area (Å²) in [6, 6.07) is 7.53. The topological polar surface area (TPSA) is 29.3 Å². The molecule has 0 fully saturated rings. The van der Waals surface area contributed by atoms with Gasteiger partial charge < -0.3 is 4.74 Å². The van der Waals surface area contributed by atoms with E-state index >= 15 is 0 Å². The number of ether oxygens (including phenoxy) is 1. The van der Waals surface area contributed by atoms with Gasteiger partial charge in [-0.05, 0) is 12.0 Å². The molecule has 0 aliphatic carbocycles. The standard InChI is InChI=1S/C10H14NO2/c1-3-9-4-6-10(7-5-9)11(12)8-13-2/h4-7H,3,8H2,1-2H3/q+1. The van der Waals surface area contributed by atoms with Gasteiger partial charge in [0.1, 0.15) is 0 Å². The van der Waals surface area contributed by atoms with Crippen molar-refractivity contribution in [1.82, 2.24) is 0 Å². The SMILES string of the molecule is CCc1ccc([N+](=O)COC)cc1. The molecular formula is C10H14NO2+. The second-order valence-electron chi connectivity index (χ2n) is 2.82. The van der Waals surface area contributed by atoms with Crippen LogP contribution < -0.4 is 0 Å². The van der Waals surface area contributed by atoms with Gasteiger partial charge in [0, 0.05) is 24.1 Å². The Morgan fingerprint density at radius 1 is 1.31 bits per heavy atom. The second-order valence-corrected chi connectivity index (χ2v) is 2.82. The largest absolute Gasteiger partial charge is 0.323 e. The molecule has 70 valence electrons. The predicted molar refractivity (Wildman–Crippen MR) is 51.0 cm³/mol. The molecule has 0 bridgehead atoms. The summed E-state index contributed by atoms with van der Waals surface area (Å²) in [7, 11) is 1.51. The first-order valence-electron chi connectivity index (χ1n) is 4.30. The van der Waals surface area contributed by atoms with E-state index in [1.165, 1.54) is 12.7 Å². The average Bonchev–Trinajstić information content (AvgIpc) is 2.18. The van der Waals surface area contributed by atoms with Crippen LogP contribution in [0.2, 0.25) is 0 Å². The van der Waals surface area contributed by atoms with Gasteiger partial charge in [-0.15, -0.1) is 0 Å². The third-order valence-electron chi connectivity index (χ3n) is 1.88. The van der Waals surface area contributed by atoms with Gasteiger partial charge in [0.2, 0.25) is 0 Å².